The lowest BCUT2D eigenvalue weighted by atomic mass is 9.83. The fourth-order valence-corrected chi connectivity index (χ4v) is 6.89. The van der Waals surface area contributed by atoms with Crippen molar-refractivity contribution < 1.29 is 31.6 Å². The van der Waals surface area contributed by atoms with Crippen LogP contribution in [0.4, 0.5) is 24.5 Å². The summed E-state index contributed by atoms with van der Waals surface area (Å²) < 4.78 is 52.6. The molecule has 12 heteroatoms. The summed E-state index contributed by atoms with van der Waals surface area (Å²) in [5, 5.41) is 2.95. The van der Waals surface area contributed by atoms with Gasteiger partial charge in [-0.3, -0.25) is 4.79 Å². The number of amides is 1. The van der Waals surface area contributed by atoms with Gasteiger partial charge in [-0.05, 0) is 80.8 Å². The van der Waals surface area contributed by atoms with Crippen LogP contribution in [0, 0.1) is 11.8 Å². The molecular formula is C33H43F3N4O4Si. The molecule has 1 aromatic carbocycles. The Morgan fingerprint density at radius 1 is 1.07 bits per heavy atom. The van der Waals surface area contributed by atoms with Crippen LogP contribution in [-0.4, -0.2) is 50.2 Å². The predicted octanol–water partition coefficient (Wildman–Crippen LogP) is 8.20. The smallest absolute Gasteiger partial charge is 0.433 e. The first-order valence-corrected chi connectivity index (χ1v) is 18.7. The highest BCUT2D eigenvalue weighted by atomic mass is 28.4. The molecule has 2 aromatic heterocycles. The van der Waals surface area contributed by atoms with Crippen molar-refractivity contribution in [3.05, 3.63) is 47.6 Å². The molecule has 0 atom stereocenters. The van der Waals surface area contributed by atoms with E-state index in [1.807, 2.05) is 6.07 Å². The fraction of sp³-hybridized carbons (Fsp3) is 0.576. The zero-order chi connectivity index (χ0) is 32.6. The number of hydrogen-bond donors (Lipinski definition) is 1. The number of halogens is 3. The maximum absolute atomic E-state index is 13.3. The second-order valence-corrected chi connectivity index (χ2v) is 18.8. The maximum Gasteiger partial charge on any atom is 0.433 e. The molecule has 5 rings (SSSR count). The van der Waals surface area contributed by atoms with E-state index in [2.05, 4.69) is 49.1 Å². The van der Waals surface area contributed by atoms with E-state index in [1.165, 1.54) is 12.1 Å². The maximum atomic E-state index is 13.3. The standard InChI is InChI=1S/C33H43F3N4O4Si/c1-32(2,3)45(4,5)43-20-22-13-15-40(16-14-22)27-17-26-28(44-31(39-26)23-11-9-21(19-41)10-12-23)18-25(27)38-30(42)24-7-6-8-29(37-24)33(34,35)36/h6-8,17-19,21-23H,9-16,20H2,1-5H3,(H,38,42)/t21-,23-. The minimum Gasteiger partial charge on any atom is -0.440 e. The van der Waals surface area contributed by atoms with Crippen LogP contribution in [0.5, 0.6) is 0 Å². The third kappa shape index (κ3) is 7.60. The van der Waals surface area contributed by atoms with E-state index in [1.54, 1.807) is 6.07 Å². The van der Waals surface area contributed by atoms with Gasteiger partial charge < -0.3 is 23.9 Å². The van der Waals surface area contributed by atoms with Gasteiger partial charge in [-0.1, -0.05) is 26.8 Å². The van der Waals surface area contributed by atoms with Crippen LogP contribution in [0.1, 0.15) is 87.3 Å². The molecule has 0 spiro atoms. The molecule has 8 nitrogen and oxygen atoms in total. The Labute approximate surface area is 263 Å². The van der Waals surface area contributed by atoms with Crippen LogP contribution in [0.3, 0.4) is 0 Å². The van der Waals surface area contributed by atoms with Crippen LogP contribution < -0.4 is 10.2 Å². The highest BCUT2D eigenvalue weighted by molar-refractivity contribution is 6.74. The molecule has 1 aliphatic carbocycles. The van der Waals surface area contributed by atoms with Crippen molar-refractivity contribution in [3.8, 4) is 0 Å². The Morgan fingerprint density at radius 3 is 2.38 bits per heavy atom. The number of hydrogen-bond acceptors (Lipinski definition) is 7. The van der Waals surface area contributed by atoms with Crippen molar-refractivity contribution in [1.29, 1.82) is 0 Å². The molecule has 1 saturated heterocycles. The third-order valence-electron chi connectivity index (χ3n) is 9.80. The summed E-state index contributed by atoms with van der Waals surface area (Å²) in [4.78, 5) is 35.0. The van der Waals surface area contributed by atoms with E-state index in [-0.39, 0.29) is 22.6 Å². The molecule has 3 heterocycles. The Hall–Kier alpha value is -3.25. The summed E-state index contributed by atoms with van der Waals surface area (Å²) in [7, 11) is -1.87. The zero-order valence-electron chi connectivity index (χ0n) is 26.7. The first-order chi connectivity index (χ1) is 21.1. The van der Waals surface area contributed by atoms with Gasteiger partial charge in [0, 0.05) is 37.6 Å². The SMILES string of the molecule is CC(C)(C)[Si](C)(C)OCC1CCN(c2cc3nc([C@H]4CC[C@H](C=O)CC4)oc3cc2NC(=O)c2cccc(C(F)(F)F)n2)CC1. The summed E-state index contributed by atoms with van der Waals surface area (Å²) in [6.07, 6.45) is 1.34. The summed E-state index contributed by atoms with van der Waals surface area (Å²) in [5.74, 6) is 0.433. The van der Waals surface area contributed by atoms with E-state index in [0.717, 1.165) is 69.7 Å². The largest absolute Gasteiger partial charge is 0.440 e. The number of rotatable bonds is 8. The number of aromatic nitrogens is 2. The van der Waals surface area contributed by atoms with Gasteiger partial charge in [-0.2, -0.15) is 13.2 Å². The number of anilines is 2. The highest BCUT2D eigenvalue weighted by Crippen LogP contribution is 2.40. The van der Waals surface area contributed by atoms with Gasteiger partial charge in [0.25, 0.3) is 5.91 Å². The molecule has 0 bridgehead atoms. The van der Waals surface area contributed by atoms with Crippen LogP contribution in [-0.2, 0) is 15.4 Å². The van der Waals surface area contributed by atoms with Gasteiger partial charge in [0.2, 0.25) is 0 Å². The van der Waals surface area contributed by atoms with Crippen molar-refractivity contribution in [1.82, 2.24) is 9.97 Å². The number of piperidine rings is 1. The molecule has 1 amide bonds. The Kier molecular flexibility index (Phi) is 9.47. The van der Waals surface area contributed by atoms with Crippen LogP contribution in [0.25, 0.3) is 11.1 Å². The van der Waals surface area contributed by atoms with Crippen molar-refractivity contribution in [2.45, 2.75) is 89.5 Å². The molecular weight excluding hydrogens is 601 g/mol. The van der Waals surface area contributed by atoms with Gasteiger partial charge in [-0.25, -0.2) is 9.97 Å². The lowest BCUT2D eigenvalue weighted by Crippen LogP contribution is -2.43. The average Bonchev–Trinajstić information content (AvgIpc) is 3.42. The van der Waals surface area contributed by atoms with Crippen molar-refractivity contribution in [2.24, 2.45) is 11.8 Å². The topological polar surface area (TPSA) is 97.6 Å². The van der Waals surface area contributed by atoms with Crippen LogP contribution in [0.15, 0.2) is 34.7 Å². The van der Waals surface area contributed by atoms with E-state index in [4.69, 9.17) is 13.8 Å². The molecule has 3 aromatic rings. The first-order valence-electron chi connectivity index (χ1n) is 15.8. The Morgan fingerprint density at radius 2 is 1.76 bits per heavy atom. The number of fused-ring (bicyclic) bond motifs is 1. The van der Waals surface area contributed by atoms with E-state index in [9.17, 15) is 22.8 Å². The van der Waals surface area contributed by atoms with Crippen LogP contribution >= 0.6 is 0 Å². The zero-order valence-corrected chi connectivity index (χ0v) is 27.7. The number of nitrogens with one attached hydrogen (secondary N) is 1. The Balaban J connectivity index is 1.39. The van der Waals surface area contributed by atoms with E-state index >= 15 is 0 Å². The number of carbonyl (C=O) groups excluding carboxylic acids is 2. The number of alkyl halides is 3. The minimum absolute atomic E-state index is 0.0682. The van der Waals surface area contributed by atoms with Crippen LogP contribution in [0.2, 0.25) is 18.1 Å². The second-order valence-electron chi connectivity index (χ2n) is 14.0. The van der Waals surface area contributed by atoms with E-state index < -0.39 is 26.1 Å². The molecule has 2 fully saturated rings. The number of oxazole rings is 1. The van der Waals surface area contributed by atoms with Crippen molar-refractivity contribution >= 4 is 43.0 Å². The van der Waals surface area contributed by atoms with Gasteiger partial charge in [-0.15, -0.1) is 0 Å². The minimum atomic E-state index is -4.67. The second kappa shape index (κ2) is 12.9. The lowest BCUT2D eigenvalue weighted by Gasteiger charge is -2.39. The van der Waals surface area contributed by atoms with E-state index in [0.29, 0.717) is 35.2 Å². The molecule has 1 saturated carbocycles. The number of benzene rings is 1. The van der Waals surface area contributed by atoms with Gasteiger partial charge in [0.1, 0.15) is 23.2 Å². The lowest BCUT2D eigenvalue weighted by molar-refractivity contribution is -0.141. The normalized spacial score (nSPS) is 20.4. The van der Waals surface area contributed by atoms with Gasteiger partial charge >= 0.3 is 6.18 Å². The van der Waals surface area contributed by atoms with Gasteiger partial charge in [0.05, 0.1) is 11.4 Å². The molecule has 0 radical (unpaired) electrons. The average molecular weight is 645 g/mol. The summed E-state index contributed by atoms with van der Waals surface area (Å²) in [5.41, 5.74) is 0.831. The number of carbonyl (C=O) groups is 2. The van der Waals surface area contributed by atoms with Gasteiger partial charge in [0.15, 0.2) is 19.8 Å². The summed E-state index contributed by atoms with van der Waals surface area (Å²) in [6.45, 7) is 13.4. The van der Waals surface area contributed by atoms with Crippen molar-refractivity contribution in [3.63, 3.8) is 0 Å². The monoisotopic (exact) mass is 644 g/mol. The number of nitrogens with zero attached hydrogens (tertiary/aromatic N) is 3. The number of pyridine rings is 1. The summed E-state index contributed by atoms with van der Waals surface area (Å²) in [6, 6.07) is 6.87. The fourth-order valence-electron chi connectivity index (χ4n) is 5.81. The highest BCUT2D eigenvalue weighted by Gasteiger charge is 2.38. The summed E-state index contributed by atoms with van der Waals surface area (Å²) >= 11 is 0. The third-order valence-corrected chi connectivity index (χ3v) is 14.3. The van der Waals surface area contributed by atoms with Crippen molar-refractivity contribution in [2.75, 3.05) is 29.9 Å². The Bertz CT molecular complexity index is 1520. The molecule has 1 N–H and O–H groups in total. The molecule has 244 valence electrons. The first kappa shape index (κ1) is 33.1. The molecule has 45 heavy (non-hydrogen) atoms. The molecule has 2 aliphatic rings. The number of aldehydes is 1. The molecule has 0 unspecified atom stereocenters. The predicted molar refractivity (Wildman–Crippen MR) is 170 cm³/mol. The molecule has 1 aliphatic heterocycles. The quantitative estimate of drug-likeness (QED) is 0.195.